The molecule has 35 heavy (non-hydrogen) atoms. The highest BCUT2D eigenvalue weighted by molar-refractivity contribution is 7.20. The number of nitrogens with zero attached hydrogens (tertiary/aromatic N) is 3. The summed E-state index contributed by atoms with van der Waals surface area (Å²) in [5.74, 6) is -3.65. The van der Waals surface area contributed by atoms with Crippen LogP contribution in [0.2, 0.25) is 0 Å². The first-order chi connectivity index (χ1) is 16.8. The fourth-order valence-electron chi connectivity index (χ4n) is 3.93. The van der Waals surface area contributed by atoms with Gasteiger partial charge in [0.05, 0.1) is 17.3 Å². The molecule has 0 aliphatic carbocycles. The SMILES string of the molecule is COc1nc2ccc(NC(C)CN3CCN(CCc4ccccc4)CC3)cc2s1.O=C(O)C(=O)O. The summed E-state index contributed by atoms with van der Waals surface area (Å²) in [6.07, 6.45) is 1.14. The van der Waals surface area contributed by atoms with Gasteiger partial charge in [0.2, 0.25) is 0 Å². The summed E-state index contributed by atoms with van der Waals surface area (Å²) in [6.45, 7) is 9.09. The van der Waals surface area contributed by atoms with Crippen molar-refractivity contribution in [1.29, 1.82) is 0 Å². The van der Waals surface area contributed by atoms with Gasteiger partial charge in [-0.05, 0) is 37.1 Å². The van der Waals surface area contributed by atoms with Gasteiger partial charge in [0.15, 0.2) is 0 Å². The minimum atomic E-state index is -1.82. The maximum Gasteiger partial charge on any atom is 0.414 e. The lowest BCUT2D eigenvalue weighted by Gasteiger charge is -2.36. The van der Waals surface area contributed by atoms with Crippen LogP contribution >= 0.6 is 11.3 Å². The van der Waals surface area contributed by atoms with Crippen molar-refractivity contribution in [3.63, 3.8) is 0 Å². The molecule has 3 aromatic rings. The number of carbonyl (C=O) groups is 2. The van der Waals surface area contributed by atoms with Gasteiger partial charge in [-0.3, -0.25) is 4.90 Å². The predicted molar refractivity (Wildman–Crippen MR) is 138 cm³/mol. The number of rotatable bonds is 8. The van der Waals surface area contributed by atoms with E-state index in [9.17, 15) is 0 Å². The number of hydrogen-bond acceptors (Lipinski definition) is 8. The number of ether oxygens (including phenoxy) is 1. The fraction of sp³-hybridized carbons (Fsp3) is 0.400. The molecule has 0 saturated carbocycles. The lowest BCUT2D eigenvalue weighted by Crippen LogP contribution is -2.49. The van der Waals surface area contributed by atoms with Crippen molar-refractivity contribution < 1.29 is 24.5 Å². The van der Waals surface area contributed by atoms with Gasteiger partial charge in [0.25, 0.3) is 5.19 Å². The molecule has 1 fully saturated rings. The maximum absolute atomic E-state index is 9.10. The first kappa shape index (κ1) is 26.4. The van der Waals surface area contributed by atoms with E-state index in [1.165, 1.54) is 5.56 Å². The third-order valence-corrected chi connectivity index (χ3v) is 6.68. The van der Waals surface area contributed by atoms with E-state index in [0.29, 0.717) is 6.04 Å². The highest BCUT2D eigenvalue weighted by atomic mass is 32.1. The molecule has 10 heteroatoms. The van der Waals surface area contributed by atoms with E-state index >= 15 is 0 Å². The van der Waals surface area contributed by atoms with Gasteiger partial charge in [-0.2, -0.15) is 0 Å². The number of benzene rings is 2. The van der Waals surface area contributed by atoms with Crippen molar-refractivity contribution in [1.82, 2.24) is 14.8 Å². The summed E-state index contributed by atoms with van der Waals surface area (Å²) < 4.78 is 6.41. The monoisotopic (exact) mass is 500 g/mol. The van der Waals surface area contributed by atoms with Crippen molar-refractivity contribution in [2.24, 2.45) is 0 Å². The summed E-state index contributed by atoms with van der Waals surface area (Å²) >= 11 is 1.59. The number of thiazole rings is 1. The number of anilines is 1. The van der Waals surface area contributed by atoms with E-state index in [2.05, 4.69) is 75.6 Å². The molecule has 1 aliphatic rings. The van der Waals surface area contributed by atoms with Gasteiger partial charge in [-0.15, -0.1) is 0 Å². The van der Waals surface area contributed by atoms with Crippen LogP contribution in [0.4, 0.5) is 5.69 Å². The smallest absolute Gasteiger partial charge is 0.414 e. The van der Waals surface area contributed by atoms with Crippen LogP contribution in [-0.2, 0) is 16.0 Å². The molecule has 1 saturated heterocycles. The standard InChI is InChI=1S/C23H30N4OS.C2H2O4/c1-18(24-20-8-9-21-22(16-20)29-23(25-21)28-2)17-27-14-12-26(13-15-27)11-10-19-6-4-3-5-7-19;3-1(4)2(5)6/h3-9,16,18,24H,10-15,17H2,1-2H3;(H,3,4)(H,5,6). The van der Waals surface area contributed by atoms with Crippen LogP contribution in [0.15, 0.2) is 48.5 Å². The molecule has 3 N–H and O–H groups in total. The molecule has 0 bridgehead atoms. The summed E-state index contributed by atoms with van der Waals surface area (Å²) in [6, 6.07) is 17.5. The molecule has 0 spiro atoms. The minimum Gasteiger partial charge on any atom is -0.473 e. The van der Waals surface area contributed by atoms with Crippen molar-refractivity contribution in [2.45, 2.75) is 19.4 Å². The Hall–Kier alpha value is -3.21. The zero-order valence-electron chi connectivity index (χ0n) is 20.0. The number of nitrogens with one attached hydrogen (secondary N) is 1. The van der Waals surface area contributed by atoms with Crippen molar-refractivity contribution in [2.75, 3.05) is 51.7 Å². The van der Waals surface area contributed by atoms with Crippen LogP contribution in [0.3, 0.4) is 0 Å². The molecule has 1 unspecified atom stereocenters. The van der Waals surface area contributed by atoms with Crippen LogP contribution in [-0.4, -0.2) is 89.4 Å². The summed E-state index contributed by atoms with van der Waals surface area (Å²) in [5, 5.41) is 19.1. The van der Waals surface area contributed by atoms with Gasteiger partial charge in [0, 0.05) is 51.0 Å². The van der Waals surface area contributed by atoms with E-state index in [4.69, 9.17) is 24.5 Å². The molecule has 4 rings (SSSR count). The summed E-state index contributed by atoms with van der Waals surface area (Å²) in [4.78, 5) is 27.8. The number of carboxylic acid groups (broad SMARTS) is 2. The van der Waals surface area contributed by atoms with E-state index in [-0.39, 0.29) is 0 Å². The number of carboxylic acids is 2. The lowest BCUT2D eigenvalue weighted by atomic mass is 10.1. The van der Waals surface area contributed by atoms with Gasteiger partial charge in [-0.1, -0.05) is 41.7 Å². The van der Waals surface area contributed by atoms with Crippen molar-refractivity contribution >= 4 is 39.2 Å². The summed E-state index contributed by atoms with van der Waals surface area (Å²) in [5.41, 5.74) is 3.58. The Bertz CT molecular complexity index is 1090. The molecule has 1 aliphatic heterocycles. The molecule has 0 amide bonds. The highest BCUT2D eigenvalue weighted by Crippen LogP contribution is 2.29. The first-order valence-electron chi connectivity index (χ1n) is 11.5. The normalized spacial score (nSPS) is 15.1. The molecule has 0 radical (unpaired) electrons. The second-order valence-corrected chi connectivity index (χ2v) is 9.39. The Morgan fingerprint density at radius 3 is 2.34 bits per heavy atom. The predicted octanol–water partition coefficient (Wildman–Crippen LogP) is 3.12. The number of hydrogen-bond donors (Lipinski definition) is 3. The van der Waals surface area contributed by atoms with Crippen LogP contribution in [0.5, 0.6) is 5.19 Å². The number of aliphatic carboxylic acids is 2. The Morgan fingerprint density at radius 1 is 1.06 bits per heavy atom. The molecular formula is C25H32N4O5S. The molecule has 2 aromatic carbocycles. The van der Waals surface area contributed by atoms with Crippen LogP contribution in [0, 0.1) is 0 Å². The molecule has 1 atom stereocenters. The quantitative estimate of drug-likeness (QED) is 0.401. The topological polar surface area (TPSA) is 115 Å². The number of methoxy groups -OCH3 is 1. The fourth-order valence-corrected chi connectivity index (χ4v) is 4.74. The second-order valence-electron chi connectivity index (χ2n) is 8.40. The van der Waals surface area contributed by atoms with Gasteiger partial charge in [0.1, 0.15) is 0 Å². The van der Waals surface area contributed by atoms with Gasteiger partial charge in [-0.25, -0.2) is 14.6 Å². The lowest BCUT2D eigenvalue weighted by molar-refractivity contribution is -0.159. The molecular weight excluding hydrogens is 468 g/mol. The zero-order valence-corrected chi connectivity index (χ0v) is 20.8. The van der Waals surface area contributed by atoms with Crippen molar-refractivity contribution in [3.05, 3.63) is 54.1 Å². The number of piperazine rings is 1. The van der Waals surface area contributed by atoms with E-state index < -0.39 is 11.9 Å². The number of fused-ring (bicyclic) bond motifs is 1. The Labute approximate surface area is 209 Å². The maximum atomic E-state index is 9.10. The van der Waals surface area contributed by atoms with Crippen LogP contribution in [0.1, 0.15) is 12.5 Å². The minimum absolute atomic E-state index is 0.401. The Morgan fingerprint density at radius 2 is 1.71 bits per heavy atom. The van der Waals surface area contributed by atoms with Crippen LogP contribution in [0.25, 0.3) is 10.2 Å². The largest absolute Gasteiger partial charge is 0.473 e. The average molecular weight is 501 g/mol. The van der Waals surface area contributed by atoms with Crippen LogP contribution < -0.4 is 10.1 Å². The third kappa shape index (κ3) is 8.50. The highest BCUT2D eigenvalue weighted by Gasteiger charge is 2.18. The van der Waals surface area contributed by atoms with Crippen molar-refractivity contribution in [3.8, 4) is 5.19 Å². The first-order valence-corrected chi connectivity index (χ1v) is 12.3. The third-order valence-electron chi connectivity index (χ3n) is 5.70. The molecule has 9 nitrogen and oxygen atoms in total. The Kier molecular flexibility index (Phi) is 9.83. The second kappa shape index (κ2) is 13.0. The zero-order chi connectivity index (χ0) is 25.2. The van der Waals surface area contributed by atoms with E-state index in [0.717, 1.165) is 66.8 Å². The van der Waals surface area contributed by atoms with Gasteiger partial charge < -0.3 is 25.2 Å². The molecule has 1 aromatic heterocycles. The van der Waals surface area contributed by atoms with E-state index in [1.807, 2.05) is 0 Å². The average Bonchev–Trinajstić information content (AvgIpc) is 3.27. The molecule has 2 heterocycles. The Balaban J connectivity index is 0.000000509. The van der Waals surface area contributed by atoms with Gasteiger partial charge >= 0.3 is 11.9 Å². The molecule has 188 valence electrons. The van der Waals surface area contributed by atoms with E-state index in [1.54, 1.807) is 18.4 Å². The number of aromatic nitrogens is 1. The summed E-state index contributed by atoms with van der Waals surface area (Å²) in [7, 11) is 1.67.